The van der Waals surface area contributed by atoms with E-state index in [0.717, 1.165) is 0 Å². The van der Waals surface area contributed by atoms with Crippen molar-refractivity contribution in [1.82, 2.24) is 0 Å². The summed E-state index contributed by atoms with van der Waals surface area (Å²) in [6.07, 6.45) is 0.487. The summed E-state index contributed by atoms with van der Waals surface area (Å²) in [5.74, 6) is -0.629. The quantitative estimate of drug-likeness (QED) is 0.657. The van der Waals surface area contributed by atoms with Crippen LogP contribution in [0.15, 0.2) is 24.3 Å². The minimum absolute atomic E-state index is 0.0416. The molecule has 0 amide bonds. The van der Waals surface area contributed by atoms with Crippen LogP contribution in [0.5, 0.6) is 5.75 Å². The molecule has 16 heavy (non-hydrogen) atoms. The van der Waals surface area contributed by atoms with Crippen LogP contribution < -0.4 is 0 Å². The lowest BCUT2D eigenvalue weighted by atomic mass is 9.89. The maximum atomic E-state index is 11.4. The first-order valence-electron chi connectivity index (χ1n) is 5.08. The van der Waals surface area contributed by atoms with E-state index in [2.05, 4.69) is 0 Å². The van der Waals surface area contributed by atoms with Crippen LogP contribution in [0.25, 0.3) is 0 Å². The lowest BCUT2D eigenvalue weighted by Gasteiger charge is -2.25. The van der Waals surface area contributed by atoms with Gasteiger partial charge in [-0.25, -0.2) is 0 Å². The number of rotatable bonds is 4. The number of alkyl halides is 1. The second kappa shape index (κ2) is 5.03. The molecule has 0 fully saturated rings. The number of halogens is 1. The number of benzene rings is 1. The number of carboxylic acid groups (broad SMARTS) is 1. The number of hydrogen-bond acceptors (Lipinski definition) is 2. The molecule has 0 aliphatic rings. The largest absolute Gasteiger partial charge is 0.508 e. The summed E-state index contributed by atoms with van der Waals surface area (Å²) in [5, 5.41) is 19.1. The van der Waals surface area contributed by atoms with E-state index in [4.69, 9.17) is 0 Å². The van der Waals surface area contributed by atoms with Crippen molar-refractivity contribution in [3.63, 3.8) is 0 Å². The average Bonchev–Trinajstić information content (AvgIpc) is 2.16. The van der Waals surface area contributed by atoms with Gasteiger partial charge in [-0.1, -0.05) is 54.6 Å². The first kappa shape index (κ1) is 13.3. The third-order valence-electron chi connectivity index (χ3n) is 2.36. The van der Waals surface area contributed by atoms with Crippen LogP contribution in [-0.4, -0.2) is 16.2 Å². The molecule has 2 N–H and O–H groups in total. The Morgan fingerprint density at radius 3 is 2.44 bits per heavy atom. The van der Waals surface area contributed by atoms with Crippen molar-refractivity contribution in [2.75, 3.05) is 0 Å². The number of aromatic hydroxyl groups is 1. The van der Waals surface area contributed by atoms with Gasteiger partial charge in [-0.3, -0.25) is 4.79 Å². The lowest BCUT2D eigenvalue weighted by molar-refractivity contribution is -0.140. The first-order valence-corrected chi connectivity index (χ1v) is 6.16. The van der Waals surface area contributed by atoms with Crippen molar-refractivity contribution in [3.05, 3.63) is 29.8 Å². The van der Waals surface area contributed by atoms with Gasteiger partial charge >= 0.3 is 5.97 Å². The fourth-order valence-electron chi connectivity index (χ4n) is 1.68. The third kappa shape index (κ3) is 2.66. The van der Waals surface area contributed by atoms with E-state index in [1.165, 1.54) is 6.07 Å². The van der Waals surface area contributed by atoms with Crippen molar-refractivity contribution in [2.45, 2.75) is 23.7 Å². The summed E-state index contributed by atoms with van der Waals surface area (Å²) < 4.78 is -1.06. The van der Waals surface area contributed by atoms with E-state index in [1.54, 1.807) is 18.2 Å². The van der Waals surface area contributed by atoms with E-state index in [9.17, 15) is 15.0 Å². The predicted octanol–water partition coefficient (Wildman–Crippen LogP) is 3.15. The monoisotopic (exact) mass is 334 g/mol. The topological polar surface area (TPSA) is 57.5 Å². The summed E-state index contributed by atoms with van der Waals surface area (Å²) in [6.45, 7) is 3.94. The fourth-order valence-corrected chi connectivity index (χ4v) is 3.02. The van der Waals surface area contributed by atoms with Gasteiger partial charge in [0.25, 0.3) is 0 Å². The number of carboxylic acids is 1. The molecule has 0 aromatic heterocycles. The molecule has 1 aromatic carbocycles. The molecule has 0 aliphatic heterocycles. The summed E-state index contributed by atoms with van der Waals surface area (Å²) in [6, 6.07) is 6.61. The van der Waals surface area contributed by atoms with Crippen LogP contribution in [0.2, 0.25) is 0 Å². The van der Waals surface area contributed by atoms with Crippen LogP contribution in [-0.2, 0) is 8.22 Å². The molecule has 1 aromatic rings. The predicted molar refractivity (Wildman–Crippen MR) is 70.9 cm³/mol. The molecular weight excluding hydrogens is 319 g/mol. The summed E-state index contributed by atoms with van der Waals surface area (Å²) >= 11 is 1.91. The van der Waals surface area contributed by atoms with Crippen molar-refractivity contribution in [1.29, 1.82) is 0 Å². The Morgan fingerprint density at radius 2 is 2.00 bits per heavy atom. The molecule has 0 bridgehead atoms. The Balaban J connectivity index is 3.22. The Hall–Kier alpha value is -0.780. The minimum atomic E-state index is -1.06. The van der Waals surface area contributed by atoms with Crippen molar-refractivity contribution >= 4 is 28.6 Å². The number of phenols is 1. The smallest absolute Gasteiger partial charge is 0.324 e. The first-order chi connectivity index (χ1) is 7.38. The van der Waals surface area contributed by atoms with Crippen LogP contribution in [0.1, 0.15) is 25.8 Å². The minimum Gasteiger partial charge on any atom is -0.508 e. The molecule has 4 heteroatoms. The second-order valence-corrected chi connectivity index (χ2v) is 6.06. The highest BCUT2D eigenvalue weighted by atomic mass is 127. The maximum absolute atomic E-state index is 11.4. The molecule has 0 heterocycles. The maximum Gasteiger partial charge on any atom is 0.324 e. The van der Waals surface area contributed by atoms with E-state index >= 15 is 0 Å². The zero-order valence-corrected chi connectivity index (χ0v) is 11.4. The molecule has 0 saturated heterocycles. The highest BCUT2D eigenvalue weighted by Gasteiger charge is 2.39. The van der Waals surface area contributed by atoms with Gasteiger partial charge in [0.2, 0.25) is 0 Å². The number of para-hydroxylation sites is 1. The van der Waals surface area contributed by atoms with Gasteiger partial charge in [0, 0.05) is 5.56 Å². The van der Waals surface area contributed by atoms with Crippen LogP contribution in [0.3, 0.4) is 0 Å². The Kier molecular flexibility index (Phi) is 4.18. The second-order valence-electron chi connectivity index (χ2n) is 4.22. The SMILES string of the molecule is CC(C)CC(I)(C(=O)O)c1ccccc1O. The van der Waals surface area contributed by atoms with Crippen LogP contribution >= 0.6 is 22.6 Å². The average molecular weight is 334 g/mol. The molecule has 0 saturated carbocycles. The molecule has 88 valence electrons. The van der Waals surface area contributed by atoms with Gasteiger partial charge in [0.1, 0.15) is 9.17 Å². The van der Waals surface area contributed by atoms with Gasteiger partial charge < -0.3 is 10.2 Å². The van der Waals surface area contributed by atoms with Crippen LogP contribution in [0, 0.1) is 5.92 Å². The molecule has 0 radical (unpaired) electrons. The summed E-state index contributed by atoms with van der Waals surface area (Å²) in [7, 11) is 0. The van der Waals surface area contributed by atoms with Crippen LogP contribution in [0.4, 0.5) is 0 Å². The molecule has 1 atom stereocenters. The number of aliphatic carboxylic acids is 1. The van der Waals surface area contributed by atoms with Gasteiger partial charge in [0.05, 0.1) is 0 Å². The Morgan fingerprint density at radius 1 is 1.44 bits per heavy atom. The fraction of sp³-hybridized carbons (Fsp3) is 0.417. The molecule has 0 aliphatic carbocycles. The van der Waals surface area contributed by atoms with Gasteiger partial charge in [0.15, 0.2) is 0 Å². The number of hydrogen-bond donors (Lipinski definition) is 2. The number of phenolic OH excluding ortho intramolecular Hbond substituents is 1. The van der Waals surface area contributed by atoms with Crippen molar-refractivity contribution in [2.24, 2.45) is 5.92 Å². The van der Waals surface area contributed by atoms with Crippen molar-refractivity contribution < 1.29 is 15.0 Å². The normalized spacial score (nSPS) is 14.8. The molecule has 3 nitrogen and oxygen atoms in total. The zero-order chi connectivity index (χ0) is 12.3. The van der Waals surface area contributed by atoms with E-state index in [0.29, 0.717) is 12.0 Å². The van der Waals surface area contributed by atoms with E-state index in [1.807, 2.05) is 36.4 Å². The van der Waals surface area contributed by atoms with E-state index in [-0.39, 0.29) is 11.7 Å². The summed E-state index contributed by atoms with van der Waals surface area (Å²) in [4.78, 5) is 11.4. The summed E-state index contributed by atoms with van der Waals surface area (Å²) in [5.41, 5.74) is 0.469. The van der Waals surface area contributed by atoms with Crippen molar-refractivity contribution in [3.8, 4) is 5.75 Å². The molecule has 1 unspecified atom stereocenters. The zero-order valence-electron chi connectivity index (χ0n) is 9.27. The van der Waals surface area contributed by atoms with Gasteiger partial charge in [-0.15, -0.1) is 0 Å². The highest BCUT2D eigenvalue weighted by Crippen LogP contribution is 2.42. The molecule has 0 spiro atoms. The van der Waals surface area contributed by atoms with Gasteiger partial charge in [-0.05, 0) is 18.4 Å². The van der Waals surface area contributed by atoms with Gasteiger partial charge in [-0.2, -0.15) is 0 Å². The van der Waals surface area contributed by atoms with E-state index < -0.39 is 9.39 Å². The Bertz CT molecular complexity index is 390. The highest BCUT2D eigenvalue weighted by molar-refractivity contribution is 14.1. The third-order valence-corrected chi connectivity index (χ3v) is 3.84. The molecule has 1 rings (SSSR count). The standard InChI is InChI=1S/C12H15IO3/c1-8(2)7-12(13,11(15)16)9-5-3-4-6-10(9)14/h3-6,8,14H,7H2,1-2H3,(H,15,16). The Labute approximate surface area is 109 Å². The number of carbonyl (C=O) groups is 1. The molecular formula is C12H15IO3. The lowest BCUT2D eigenvalue weighted by Crippen LogP contribution is -2.30.